The molecule has 0 aromatic heterocycles. The minimum atomic E-state index is -0.366. The predicted octanol–water partition coefficient (Wildman–Crippen LogP) is 5.90. The van der Waals surface area contributed by atoms with Crippen molar-refractivity contribution in [1.29, 1.82) is 0 Å². The molecule has 0 aliphatic carbocycles. The lowest BCUT2D eigenvalue weighted by Crippen LogP contribution is -2.42. The monoisotopic (exact) mass is 611 g/mol. The molecule has 1 fully saturated rings. The molecule has 8 nitrogen and oxygen atoms in total. The van der Waals surface area contributed by atoms with Crippen LogP contribution in [-0.4, -0.2) is 91.7 Å². The van der Waals surface area contributed by atoms with Crippen LogP contribution < -0.4 is 5.32 Å². The Hall–Kier alpha value is -4.01. The molecule has 238 valence electrons. The average molecular weight is 612 g/mol. The third kappa shape index (κ3) is 8.80. The Bertz CT molecular complexity index is 1350. The zero-order chi connectivity index (χ0) is 31.6. The number of nitrogens with zero attached hydrogens (tertiary/aromatic N) is 3. The fourth-order valence-corrected chi connectivity index (χ4v) is 6.44. The molecule has 8 heteroatoms. The van der Waals surface area contributed by atoms with Gasteiger partial charge < -0.3 is 19.4 Å². The molecule has 0 atom stereocenters. The van der Waals surface area contributed by atoms with Crippen LogP contribution in [0.25, 0.3) is 0 Å². The summed E-state index contributed by atoms with van der Waals surface area (Å²) >= 11 is 0. The maximum atomic E-state index is 12.9. The second-order valence-electron chi connectivity index (χ2n) is 12.9. The van der Waals surface area contributed by atoms with Gasteiger partial charge in [0, 0.05) is 19.6 Å². The van der Waals surface area contributed by atoms with E-state index in [-0.39, 0.29) is 30.1 Å². The number of quaternary nitrogens is 1. The highest BCUT2D eigenvalue weighted by molar-refractivity contribution is 6.21. The van der Waals surface area contributed by atoms with Crippen LogP contribution in [0, 0.1) is 0 Å². The normalized spacial score (nSPS) is 15.8. The molecule has 1 saturated heterocycles. The Kier molecular flexibility index (Phi) is 11.0. The van der Waals surface area contributed by atoms with Gasteiger partial charge in [-0.05, 0) is 68.3 Å². The first kappa shape index (κ1) is 32.4. The SMILES string of the molecule is C[N+](C)(CCCCN1CCC(OC(=O)NC(c2ccccc2)c2ccccc2)CC1)CCCCN1C(=O)c2ccccc2C1=O. The van der Waals surface area contributed by atoms with E-state index in [2.05, 4.69) is 24.3 Å². The fraction of sp³-hybridized carbons (Fsp3) is 0.432. The molecule has 0 spiro atoms. The van der Waals surface area contributed by atoms with E-state index >= 15 is 0 Å². The number of piperidine rings is 1. The molecule has 5 rings (SSSR count). The van der Waals surface area contributed by atoms with Crippen LogP contribution in [0.15, 0.2) is 84.9 Å². The van der Waals surface area contributed by atoms with E-state index in [4.69, 9.17) is 4.74 Å². The molecule has 0 unspecified atom stereocenters. The van der Waals surface area contributed by atoms with E-state index < -0.39 is 0 Å². The number of imide groups is 1. The lowest BCUT2D eigenvalue weighted by Gasteiger charge is -2.33. The number of hydrogen-bond donors (Lipinski definition) is 1. The lowest BCUT2D eigenvalue weighted by molar-refractivity contribution is -0.890. The summed E-state index contributed by atoms with van der Waals surface area (Å²) in [5.74, 6) is -0.328. The molecular weight excluding hydrogens is 564 g/mol. The summed E-state index contributed by atoms with van der Waals surface area (Å²) in [7, 11) is 4.52. The average Bonchev–Trinajstić information content (AvgIpc) is 3.30. The number of alkyl carbamates (subject to hydrolysis) is 1. The number of amides is 3. The van der Waals surface area contributed by atoms with Gasteiger partial charge >= 0.3 is 6.09 Å². The summed E-state index contributed by atoms with van der Waals surface area (Å²) in [6.45, 7) is 5.53. The number of likely N-dealkylation sites (tertiary alicyclic amines) is 1. The number of ether oxygens (including phenoxy) is 1. The van der Waals surface area contributed by atoms with Gasteiger partial charge in [-0.1, -0.05) is 72.8 Å². The smallest absolute Gasteiger partial charge is 0.408 e. The number of benzene rings is 3. The van der Waals surface area contributed by atoms with Crippen molar-refractivity contribution in [3.05, 3.63) is 107 Å². The molecule has 0 saturated carbocycles. The highest BCUT2D eigenvalue weighted by Crippen LogP contribution is 2.24. The van der Waals surface area contributed by atoms with E-state index in [1.807, 2.05) is 60.7 Å². The molecule has 45 heavy (non-hydrogen) atoms. The van der Waals surface area contributed by atoms with Crippen molar-refractivity contribution in [1.82, 2.24) is 15.1 Å². The minimum absolute atomic E-state index is 0.0654. The number of carbonyl (C=O) groups is 3. The van der Waals surface area contributed by atoms with Crippen molar-refractivity contribution >= 4 is 17.9 Å². The second kappa shape index (κ2) is 15.3. The highest BCUT2D eigenvalue weighted by atomic mass is 16.6. The van der Waals surface area contributed by atoms with Crippen LogP contribution in [0.4, 0.5) is 4.79 Å². The van der Waals surface area contributed by atoms with Gasteiger partial charge in [0.2, 0.25) is 0 Å². The first-order valence-corrected chi connectivity index (χ1v) is 16.4. The van der Waals surface area contributed by atoms with Crippen molar-refractivity contribution in [2.24, 2.45) is 0 Å². The van der Waals surface area contributed by atoms with Gasteiger partial charge in [0.25, 0.3) is 11.8 Å². The fourth-order valence-electron chi connectivity index (χ4n) is 6.44. The Morgan fingerprint density at radius 1 is 0.756 bits per heavy atom. The number of carbonyl (C=O) groups excluding carboxylic acids is 3. The van der Waals surface area contributed by atoms with Gasteiger partial charge in [-0.2, -0.15) is 0 Å². The molecule has 3 amide bonds. The predicted molar refractivity (Wildman–Crippen MR) is 176 cm³/mol. The molecule has 1 N–H and O–H groups in total. The lowest BCUT2D eigenvalue weighted by atomic mass is 9.99. The van der Waals surface area contributed by atoms with Crippen molar-refractivity contribution in [3.63, 3.8) is 0 Å². The van der Waals surface area contributed by atoms with Crippen LogP contribution in [-0.2, 0) is 4.74 Å². The van der Waals surface area contributed by atoms with Gasteiger partial charge in [-0.15, -0.1) is 0 Å². The quantitative estimate of drug-likeness (QED) is 0.140. The Morgan fingerprint density at radius 2 is 1.24 bits per heavy atom. The van der Waals surface area contributed by atoms with Crippen molar-refractivity contribution < 1.29 is 23.6 Å². The van der Waals surface area contributed by atoms with E-state index in [1.165, 1.54) is 4.90 Å². The molecule has 2 heterocycles. The maximum absolute atomic E-state index is 12.9. The second-order valence-corrected chi connectivity index (χ2v) is 12.9. The van der Waals surface area contributed by atoms with E-state index in [9.17, 15) is 14.4 Å². The number of hydrogen-bond acceptors (Lipinski definition) is 5. The van der Waals surface area contributed by atoms with Crippen molar-refractivity contribution in [2.45, 2.75) is 50.7 Å². The summed E-state index contributed by atoms with van der Waals surface area (Å²) in [6.07, 6.45) is 5.34. The molecule has 2 aliphatic rings. The minimum Gasteiger partial charge on any atom is -0.446 e. The van der Waals surface area contributed by atoms with Gasteiger partial charge in [-0.25, -0.2) is 4.79 Å². The van der Waals surface area contributed by atoms with Gasteiger partial charge in [0.15, 0.2) is 0 Å². The third-order valence-corrected chi connectivity index (χ3v) is 9.10. The zero-order valence-corrected chi connectivity index (χ0v) is 26.7. The van der Waals surface area contributed by atoms with Gasteiger partial charge in [-0.3, -0.25) is 14.5 Å². The van der Waals surface area contributed by atoms with Gasteiger partial charge in [0.05, 0.1) is 44.4 Å². The largest absolute Gasteiger partial charge is 0.446 e. The van der Waals surface area contributed by atoms with Crippen molar-refractivity contribution in [3.8, 4) is 0 Å². The summed E-state index contributed by atoms with van der Waals surface area (Å²) < 4.78 is 6.80. The molecule has 0 radical (unpaired) electrons. The topological polar surface area (TPSA) is 79.0 Å². The molecular formula is C37H47N4O4+. The summed E-state index contributed by atoms with van der Waals surface area (Å²) in [5, 5.41) is 3.10. The molecule has 3 aromatic rings. The van der Waals surface area contributed by atoms with Crippen molar-refractivity contribution in [2.75, 3.05) is 53.4 Å². The molecule has 3 aromatic carbocycles. The van der Waals surface area contributed by atoms with Gasteiger partial charge in [0.1, 0.15) is 6.10 Å². The number of rotatable bonds is 14. The Morgan fingerprint density at radius 3 is 1.78 bits per heavy atom. The Labute approximate surface area is 267 Å². The first-order valence-electron chi connectivity index (χ1n) is 16.4. The van der Waals surface area contributed by atoms with E-state index in [1.54, 1.807) is 24.3 Å². The molecule has 0 bridgehead atoms. The third-order valence-electron chi connectivity index (χ3n) is 9.10. The first-order chi connectivity index (χ1) is 21.8. The number of fused-ring (bicyclic) bond motifs is 1. The van der Waals surface area contributed by atoms with Crippen LogP contribution in [0.1, 0.15) is 76.4 Å². The van der Waals surface area contributed by atoms with E-state index in [0.29, 0.717) is 17.7 Å². The van der Waals surface area contributed by atoms with E-state index in [0.717, 1.165) is 86.9 Å². The highest BCUT2D eigenvalue weighted by Gasteiger charge is 2.34. The number of unbranched alkanes of at least 4 members (excludes halogenated alkanes) is 2. The Balaban J connectivity index is 0.953. The number of nitrogens with one attached hydrogen (secondary N) is 1. The zero-order valence-electron chi connectivity index (χ0n) is 26.7. The summed E-state index contributed by atoms with van der Waals surface area (Å²) in [5.41, 5.74) is 3.10. The van der Waals surface area contributed by atoms with Crippen LogP contribution in [0.3, 0.4) is 0 Å². The molecule has 2 aliphatic heterocycles. The van der Waals surface area contributed by atoms with Crippen LogP contribution in [0.2, 0.25) is 0 Å². The summed E-state index contributed by atoms with van der Waals surface area (Å²) in [6, 6.07) is 26.8. The standard InChI is InChI=1S/C37H46N4O4/c1-41(2,28-14-12-24-40-35(42)32-19-9-10-20-33(32)36(40)43)27-13-11-23-39-25-21-31(22-26-39)45-37(44)38-34(29-15-5-3-6-16-29)30-17-7-4-8-18-30/h3-10,15-20,31,34H,11-14,21-28H2,1-2H3/p+1. The maximum Gasteiger partial charge on any atom is 0.408 e. The summed E-state index contributed by atoms with van der Waals surface area (Å²) in [4.78, 5) is 41.9. The van der Waals surface area contributed by atoms with Crippen LogP contribution in [0.5, 0.6) is 0 Å². The van der Waals surface area contributed by atoms with Crippen LogP contribution >= 0.6 is 0 Å².